The van der Waals surface area contributed by atoms with Gasteiger partial charge >= 0.3 is 6.09 Å². The van der Waals surface area contributed by atoms with Crippen LogP contribution in [0.2, 0.25) is 0 Å². The van der Waals surface area contributed by atoms with Gasteiger partial charge in [0.05, 0.1) is 12.9 Å². The minimum Gasteiger partial charge on any atom is -0.467 e. The first-order chi connectivity index (χ1) is 13.5. The molecule has 1 aromatic heterocycles. The number of rotatable bonds is 4. The first-order valence-corrected chi connectivity index (χ1v) is 10.8. The molecular formula is C23H33NO4. The van der Waals surface area contributed by atoms with Gasteiger partial charge in [-0.1, -0.05) is 44.8 Å². The van der Waals surface area contributed by atoms with Crippen LogP contribution in [0, 0.1) is 23.2 Å². The first kappa shape index (κ1) is 19.6. The maximum Gasteiger partial charge on any atom is 0.407 e. The fraction of sp³-hybridized carbons (Fsp3) is 0.696. The molecule has 1 N–H and O–H groups in total. The number of carbonyl (C=O) groups excluding carboxylic acids is 1. The lowest BCUT2D eigenvalue weighted by atomic mass is 9.56. The van der Waals surface area contributed by atoms with Gasteiger partial charge in [-0.2, -0.15) is 0 Å². The van der Waals surface area contributed by atoms with Gasteiger partial charge in [-0.15, -0.1) is 0 Å². The van der Waals surface area contributed by atoms with Crippen molar-refractivity contribution in [3.05, 3.63) is 35.8 Å². The number of amides is 1. The molecule has 1 aromatic rings. The molecule has 4 rings (SSSR count). The molecule has 2 heterocycles. The lowest BCUT2D eigenvalue weighted by molar-refractivity contribution is -0.170. The summed E-state index contributed by atoms with van der Waals surface area (Å²) in [6.45, 7) is 7.63. The number of allylic oxidation sites excluding steroid dienone is 1. The molecule has 0 spiro atoms. The number of hydrogen-bond donors (Lipinski definition) is 1. The van der Waals surface area contributed by atoms with Gasteiger partial charge in [0.1, 0.15) is 18.5 Å². The third-order valence-electron chi connectivity index (χ3n) is 7.47. The zero-order valence-electron chi connectivity index (χ0n) is 17.3. The second-order valence-electron chi connectivity index (χ2n) is 9.05. The summed E-state index contributed by atoms with van der Waals surface area (Å²) >= 11 is 0. The van der Waals surface area contributed by atoms with Gasteiger partial charge in [0.2, 0.25) is 0 Å². The van der Waals surface area contributed by atoms with Crippen molar-refractivity contribution in [2.75, 3.05) is 13.2 Å². The molecule has 1 saturated heterocycles. The van der Waals surface area contributed by atoms with Crippen molar-refractivity contribution in [3.63, 3.8) is 0 Å². The van der Waals surface area contributed by atoms with E-state index < -0.39 is 0 Å². The Kier molecular flexibility index (Phi) is 5.55. The molecule has 3 aliphatic rings. The number of carbonyl (C=O) groups is 1. The van der Waals surface area contributed by atoms with Crippen molar-refractivity contribution >= 4 is 6.09 Å². The minimum absolute atomic E-state index is 0.0714. The molecule has 28 heavy (non-hydrogen) atoms. The van der Waals surface area contributed by atoms with Gasteiger partial charge in [0.25, 0.3) is 0 Å². The predicted molar refractivity (Wildman–Crippen MR) is 107 cm³/mol. The van der Waals surface area contributed by atoms with Crippen molar-refractivity contribution in [1.29, 1.82) is 0 Å². The van der Waals surface area contributed by atoms with Crippen LogP contribution < -0.4 is 5.32 Å². The van der Waals surface area contributed by atoms with Crippen molar-refractivity contribution < 1.29 is 18.7 Å². The Morgan fingerprint density at radius 3 is 2.79 bits per heavy atom. The van der Waals surface area contributed by atoms with E-state index in [0.29, 0.717) is 25.0 Å². The Hall–Kier alpha value is -1.75. The van der Waals surface area contributed by atoms with E-state index >= 15 is 0 Å². The van der Waals surface area contributed by atoms with Crippen LogP contribution in [-0.4, -0.2) is 25.3 Å². The number of alkyl carbamates (subject to hydrolysis) is 1. The van der Waals surface area contributed by atoms with E-state index in [9.17, 15) is 4.79 Å². The summed E-state index contributed by atoms with van der Waals surface area (Å²) < 4.78 is 17.8. The normalized spacial score (nSPS) is 35.9. The summed E-state index contributed by atoms with van der Waals surface area (Å²) in [6.07, 6.45) is 9.46. The molecule has 5 heteroatoms. The fourth-order valence-electron chi connectivity index (χ4n) is 5.62. The lowest BCUT2D eigenvalue weighted by Gasteiger charge is -2.54. The standard InChI is InChI=1S/C23H33NO4/c1-15-12-16(2)23(14-28-22(25)24-18-8-5-4-6-9-18)13-27-21(20(15)17(23)3)19-10-7-11-26-19/h7,10-12,16-18,20-21H,4-6,8-9,13-14H2,1-3H3,(H,24,25). The van der Waals surface area contributed by atoms with Crippen LogP contribution in [0.5, 0.6) is 0 Å². The quantitative estimate of drug-likeness (QED) is 0.717. The summed E-state index contributed by atoms with van der Waals surface area (Å²) in [6, 6.07) is 4.17. The van der Waals surface area contributed by atoms with E-state index in [-0.39, 0.29) is 29.6 Å². The fourth-order valence-corrected chi connectivity index (χ4v) is 5.62. The molecule has 2 bridgehead atoms. The van der Waals surface area contributed by atoms with Crippen molar-refractivity contribution in [3.8, 4) is 0 Å². The molecule has 1 aliphatic heterocycles. The molecular weight excluding hydrogens is 354 g/mol. The van der Waals surface area contributed by atoms with E-state index in [0.717, 1.165) is 18.6 Å². The maximum absolute atomic E-state index is 12.4. The highest BCUT2D eigenvalue weighted by Crippen LogP contribution is 2.56. The Labute approximate surface area is 167 Å². The highest BCUT2D eigenvalue weighted by Gasteiger charge is 2.55. The summed E-state index contributed by atoms with van der Waals surface area (Å²) in [7, 11) is 0. The molecule has 154 valence electrons. The van der Waals surface area contributed by atoms with Crippen LogP contribution in [-0.2, 0) is 9.47 Å². The molecule has 5 unspecified atom stereocenters. The Bertz CT molecular complexity index is 706. The van der Waals surface area contributed by atoms with Gasteiger partial charge in [0.15, 0.2) is 0 Å². The lowest BCUT2D eigenvalue weighted by Crippen LogP contribution is -2.55. The zero-order chi connectivity index (χ0) is 19.7. The summed E-state index contributed by atoms with van der Waals surface area (Å²) in [5.41, 5.74) is 1.14. The first-order valence-electron chi connectivity index (χ1n) is 10.8. The van der Waals surface area contributed by atoms with Crippen LogP contribution in [0.1, 0.15) is 64.7 Å². The molecule has 1 saturated carbocycles. The SMILES string of the molecule is CC1=CC(C)C2(COC(=O)NC3CCCCC3)COC(c3ccco3)C1C2C. The number of fused-ring (bicyclic) bond motifs is 2. The number of ether oxygens (including phenoxy) is 2. The Morgan fingerprint density at radius 1 is 1.29 bits per heavy atom. The van der Waals surface area contributed by atoms with Crippen LogP contribution in [0.4, 0.5) is 4.79 Å². The van der Waals surface area contributed by atoms with Gasteiger partial charge in [0, 0.05) is 17.4 Å². The Balaban J connectivity index is 1.46. The average Bonchev–Trinajstić information content (AvgIpc) is 3.21. The smallest absolute Gasteiger partial charge is 0.407 e. The summed E-state index contributed by atoms with van der Waals surface area (Å²) in [5, 5.41) is 3.07. The summed E-state index contributed by atoms with van der Waals surface area (Å²) in [5.74, 6) is 1.74. The third-order valence-corrected chi connectivity index (χ3v) is 7.47. The van der Waals surface area contributed by atoms with Crippen LogP contribution in [0.25, 0.3) is 0 Å². The van der Waals surface area contributed by atoms with E-state index in [1.165, 1.54) is 24.8 Å². The topological polar surface area (TPSA) is 60.7 Å². The van der Waals surface area contributed by atoms with E-state index in [1.54, 1.807) is 6.26 Å². The zero-order valence-corrected chi connectivity index (χ0v) is 17.3. The van der Waals surface area contributed by atoms with E-state index in [4.69, 9.17) is 13.9 Å². The third kappa shape index (κ3) is 3.49. The second-order valence-corrected chi connectivity index (χ2v) is 9.05. The number of furan rings is 1. The number of nitrogens with one attached hydrogen (secondary N) is 1. The Morgan fingerprint density at radius 2 is 2.07 bits per heavy atom. The van der Waals surface area contributed by atoms with Crippen LogP contribution in [0.15, 0.2) is 34.5 Å². The molecule has 0 aromatic carbocycles. The highest BCUT2D eigenvalue weighted by atomic mass is 16.6. The van der Waals surface area contributed by atoms with Crippen molar-refractivity contribution in [1.82, 2.24) is 5.32 Å². The van der Waals surface area contributed by atoms with Gasteiger partial charge < -0.3 is 19.2 Å². The second kappa shape index (κ2) is 7.94. The van der Waals surface area contributed by atoms with Gasteiger partial charge in [-0.25, -0.2) is 4.79 Å². The van der Waals surface area contributed by atoms with Crippen molar-refractivity contribution in [2.24, 2.45) is 23.2 Å². The van der Waals surface area contributed by atoms with Crippen LogP contribution in [0.3, 0.4) is 0 Å². The predicted octanol–water partition coefficient (Wildman–Crippen LogP) is 5.24. The molecule has 1 amide bonds. The molecule has 2 aliphatic carbocycles. The molecule has 2 fully saturated rings. The van der Waals surface area contributed by atoms with E-state index in [2.05, 4.69) is 32.2 Å². The molecule has 5 atom stereocenters. The monoisotopic (exact) mass is 387 g/mol. The maximum atomic E-state index is 12.4. The average molecular weight is 388 g/mol. The summed E-state index contributed by atoms with van der Waals surface area (Å²) in [4.78, 5) is 12.4. The van der Waals surface area contributed by atoms with E-state index in [1.807, 2.05) is 12.1 Å². The van der Waals surface area contributed by atoms with Gasteiger partial charge in [-0.3, -0.25) is 0 Å². The van der Waals surface area contributed by atoms with Crippen LogP contribution >= 0.6 is 0 Å². The van der Waals surface area contributed by atoms with Crippen molar-refractivity contribution in [2.45, 2.75) is 65.0 Å². The van der Waals surface area contributed by atoms with Gasteiger partial charge in [-0.05, 0) is 43.7 Å². The largest absolute Gasteiger partial charge is 0.467 e. The number of hydrogen-bond acceptors (Lipinski definition) is 4. The molecule has 0 radical (unpaired) electrons. The minimum atomic E-state index is -0.281. The highest BCUT2D eigenvalue weighted by molar-refractivity contribution is 5.67. The molecule has 5 nitrogen and oxygen atoms in total.